The molecule has 0 aromatic heterocycles. The van der Waals surface area contributed by atoms with Crippen molar-refractivity contribution in [3.8, 4) is 0 Å². The fraction of sp³-hybridized carbons (Fsp3) is 0.933. The molecule has 0 saturated heterocycles. The Balaban J connectivity index is 3.62. The number of nitrogens with one attached hydrogen (secondary N) is 2. The second-order valence-corrected chi connectivity index (χ2v) is 6.08. The van der Waals surface area contributed by atoms with Gasteiger partial charge >= 0.3 is 0 Å². The third-order valence-electron chi connectivity index (χ3n) is 3.17. The van der Waals surface area contributed by atoms with Crippen molar-refractivity contribution in [2.75, 3.05) is 25.6 Å². The second-order valence-electron chi connectivity index (χ2n) is 5.09. The van der Waals surface area contributed by atoms with Crippen molar-refractivity contribution in [2.24, 2.45) is 4.99 Å². The van der Waals surface area contributed by atoms with Gasteiger partial charge in [0.25, 0.3) is 0 Å². The molecule has 0 amide bonds. The maximum Gasteiger partial charge on any atom is 0.191 e. The summed E-state index contributed by atoms with van der Waals surface area (Å²) in [7, 11) is 1.85. The van der Waals surface area contributed by atoms with E-state index in [1.54, 1.807) is 0 Å². The predicted octanol–water partition coefficient (Wildman–Crippen LogP) is 3.65. The number of unbranched alkanes of at least 4 members (excludes halogenated alkanes) is 4. The van der Waals surface area contributed by atoms with E-state index >= 15 is 0 Å². The monoisotopic (exact) mass is 287 g/mol. The van der Waals surface area contributed by atoms with Crippen LogP contribution in [0.2, 0.25) is 0 Å². The highest BCUT2D eigenvalue weighted by Crippen LogP contribution is 2.05. The molecule has 19 heavy (non-hydrogen) atoms. The number of nitrogens with zero attached hydrogens (tertiary/aromatic N) is 1. The minimum atomic E-state index is 0.509. The molecule has 0 aromatic rings. The summed E-state index contributed by atoms with van der Waals surface area (Å²) in [4.78, 5) is 4.28. The molecular formula is C15H33N3S. The number of guanidine groups is 1. The van der Waals surface area contributed by atoms with Crippen molar-refractivity contribution in [1.82, 2.24) is 10.6 Å². The van der Waals surface area contributed by atoms with Crippen LogP contribution in [-0.2, 0) is 0 Å². The van der Waals surface area contributed by atoms with Crippen LogP contribution in [0.1, 0.15) is 58.8 Å². The summed E-state index contributed by atoms with van der Waals surface area (Å²) in [6.45, 7) is 5.51. The number of thioether (sulfide) groups is 1. The van der Waals surface area contributed by atoms with E-state index in [1.165, 1.54) is 50.7 Å². The number of aliphatic imine (C=N–C) groups is 1. The molecule has 0 heterocycles. The van der Waals surface area contributed by atoms with Gasteiger partial charge in [0.15, 0.2) is 5.96 Å². The highest BCUT2D eigenvalue weighted by Gasteiger charge is 2.04. The Labute approximate surface area is 124 Å². The molecule has 114 valence electrons. The summed E-state index contributed by atoms with van der Waals surface area (Å²) < 4.78 is 0. The highest BCUT2D eigenvalue weighted by molar-refractivity contribution is 7.98. The molecule has 0 aliphatic rings. The minimum Gasteiger partial charge on any atom is -0.356 e. The Kier molecular flexibility index (Phi) is 13.8. The van der Waals surface area contributed by atoms with Crippen LogP contribution in [0, 0.1) is 0 Å². The van der Waals surface area contributed by atoms with E-state index in [2.05, 4.69) is 35.7 Å². The SMILES string of the molecule is CCCCCCC(C)NC(=NC)NCCCCSC. The van der Waals surface area contributed by atoms with Crippen LogP contribution in [0.15, 0.2) is 4.99 Å². The van der Waals surface area contributed by atoms with Gasteiger partial charge < -0.3 is 10.6 Å². The minimum absolute atomic E-state index is 0.509. The molecular weight excluding hydrogens is 254 g/mol. The lowest BCUT2D eigenvalue weighted by Gasteiger charge is -2.17. The fourth-order valence-electron chi connectivity index (χ4n) is 1.96. The maximum atomic E-state index is 4.28. The molecule has 0 radical (unpaired) electrons. The summed E-state index contributed by atoms with van der Waals surface area (Å²) >= 11 is 1.92. The molecule has 0 aliphatic heterocycles. The van der Waals surface area contributed by atoms with Crippen LogP contribution in [0.4, 0.5) is 0 Å². The number of rotatable bonds is 11. The van der Waals surface area contributed by atoms with E-state index in [9.17, 15) is 0 Å². The van der Waals surface area contributed by atoms with Crippen LogP contribution >= 0.6 is 11.8 Å². The van der Waals surface area contributed by atoms with Gasteiger partial charge in [-0.25, -0.2) is 0 Å². The summed E-state index contributed by atoms with van der Waals surface area (Å²) in [5.41, 5.74) is 0. The summed E-state index contributed by atoms with van der Waals surface area (Å²) in [5.74, 6) is 2.20. The van der Waals surface area contributed by atoms with E-state index in [-0.39, 0.29) is 0 Å². The van der Waals surface area contributed by atoms with Crippen LogP contribution in [-0.4, -0.2) is 37.6 Å². The van der Waals surface area contributed by atoms with E-state index in [0.29, 0.717) is 6.04 Å². The number of hydrogen-bond donors (Lipinski definition) is 2. The Hall–Kier alpha value is -0.380. The van der Waals surface area contributed by atoms with Crippen molar-refractivity contribution >= 4 is 17.7 Å². The zero-order valence-corrected chi connectivity index (χ0v) is 14.1. The van der Waals surface area contributed by atoms with E-state index in [0.717, 1.165) is 12.5 Å². The third-order valence-corrected chi connectivity index (χ3v) is 3.86. The molecule has 2 N–H and O–H groups in total. The molecule has 0 saturated carbocycles. The smallest absolute Gasteiger partial charge is 0.191 e. The van der Waals surface area contributed by atoms with Gasteiger partial charge in [0.05, 0.1) is 0 Å². The summed E-state index contributed by atoms with van der Waals surface area (Å²) in [6.07, 6.45) is 11.2. The zero-order valence-electron chi connectivity index (χ0n) is 13.3. The van der Waals surface area contributed by atoms with Crippen molar-refractivity contribution in [1.29, 1.82) is 0 Å². The van der Waals surface area contributed by atoms with Gasteiger partial charge in [0.1, 0.15) is 0 Å². The lowest BCUT2D eigenvalue weighted by molar-refractivity contribution is 0.536. The lowest BCUT2D eigenvalue weighted by Crippen LogP contribution is -2.42. The molecule has 1 atom stereocenters. The van der Waals surface area contributed by atoms with Gasteiger partial charge in [-0.2, -0.15) is 11.8 Å². The Bertz CT molecular complexity index is 219. The Morgan fingerprint density at radius 1 is 1.16 bits per heavy atom. The summed E-state index contributed by atoms with van der Waals surface area (Å²) in [5, 5.41) is 6.86. The van der Waals surface area contributed by atoms with Gasteiger partial charge in [-0.05, 0) is 38.2 Å². The first kappa shape index (κ1) is 18.6. The molecule has 0 rings (SSSR count). The Morgan fingerprint density at radius 2 is 1.95 bits per heavy atom. The highest BCUT2D eigenvalue weighted by atomic mass is 32.2. The van der Waals surface area contributed by atoms with E-state index < -0.39 is 0 Å². The third kappa shape index (κ3) is 12.4. The standard InChI is InChI=1S/C15H33N3S/c1-5-6-7-8-11-14(2)18-15(16-3)17-12-9-10-13-19-4/h14H,5-13H2,1-4H3,(H2,16,17,18). The predicted molar refractivity (Wildman–Crippen MR) is 90.3 cm³/mol. The van der Waals surface area contributed by atoms with Gasteiger partial charge in [0.2, 0.25) is 0 Å². The molecule has 0 bridgehead atoms. The van der Waals surface area contributed by atoms with E-state index in [1.807, 2.05) is 18.8 Å². The van der Waals surface area contributed by atoms with Crippen LogP contribution in [0.3, 0.4) is 0 Å². The van der Waals surface area contributed by atoms with Crippen molar-refractivity contribution in [3.63, 3.8) is 0 Å². The van der Waals surface area contributed by atoms with Gasteiger partial charge in [-0.1, -0.05) is 32.6 Å². The van der Waals surface area contributed by atoms with Crippen molar-refractivity contribution < 1.29 is 0 Å². The van der Waals surface area contributed by atoms with Gasteiger partial charge in [0, 0.05) is 19.6 Å². The Morgan fingerprint density at radius 3 is 2.58 bits per heavy atom. The fourth-order valence-corrected chi connectivity index (χ4v) is 2.45. The normalized spacial score (nSPS) is 13.4. The van der Waals surface area contributed by atoms with Crippen LogP contribution in [0.5, 0.6) is 0 Å². The summed E-state index contributed by atoms with van der Waals surface area (Å²) in [6, 6.07) is 0.509. The zero-order chi connectivity index (χ0) is 14.3. The van der Waals surface area contributed by atoms with Crippen LogP contribution in [0.25, 0.3) is 0 Å². The molecule has 3 nitrogen and oxygen atoms in total. The second kappa shape index (κ2) is 14.0. The topological polar surface area (TPSA) is 36.4 Å². The quantitative estimate of drug-likeness (QED) is 0.346. The van der Waals surface area contributed by atoms with Crippen molar-refractivity contribution in [3.05, 3.63) is 0 Å². The molecule has 0 spiro atoms. The van der Waals surface area contributed by atoms with Crippen molar-refractivity contribution in [2.45, 2.75) is 64.8 Å². The van der Waals surface area contributed by atoms with Gasteiger partial charge in [-0.15, -0.1) is 0 Å². The molecule has 0 aliphatic carbocycles. The average Bonchev–Trinajstić information content (AvgIpc) is 2.42. The largest absolute Gasteiger partial charge is 0.356 e. The maximum absolute atomic E-state index is 4.28. The molecule has 0 fully saturated rings. The average molecular weight is 288 g/mol. The molecule has 4 heteroatoms. The molecule has 0 aromatic carbocycles. The van der Waals surface area contributed by atoms with E-state index in [4.69, 9.17) is 0 Å². The van der Waals surface area contributed by atoms with Crippen LogP contribution < -0.4 is 10.6 Å². The molecule has 1 unspecified atom stereocenters. The van der Waals surface area contributed by atoms with Gasteiger partial charge in [-0.3, -0.25) is 4.99 Å². The number of hydrogen-bond acceptors (Lipinski definition) is 2. The lowest BCUT2D eigenvalue weighted by atomic mass is 10.1. The first-order valence-corrected chi connectivity index (χ1v) is 9.10. The first-order chi connectivity index (χ1) is 9.24. The first-order valence-electron chi connectivity index (χ1n) is 7.70.